The first kappa shape index (κ1) is 13.7. The van der Waals surface area contributed by atoms with Gasteiger partial charge in [0.05, 0.1) is 4.92 Å². The van der Waals surface area contributed by atoms with E-state index in [-0.39, 0.29) is 6.04 Å². The third kappa shape index (κ3) is 3.29. The van der Waals surface area contributed by atoms with Crippen LogP contribution in [0.2, 0.25) is 0 Å². The molecule has 1 N–H and O–H groups in total. The summed E-state index contributed by atoms with van der Waals surface area (Å²) in [6, 6.07) is 1.50. The van der Waals surface area contributed by atoms with Crippen molar-refractivity contribution in [1.82, 2.24) is 0 Å². The minimum Gasteiger partial charge on any atom is -0.374 e. The van der Waals surface area contributed by atoms with Crippen LogP contribution in [-0.2, 0) is 0 Å². The van der Waals surface area contributed by atoms with Crippen molar-refractivity contribution >= 4 is 23.1 Å². The molecule has 1 unspecified atom stereocenters. The molecule has 0 aliphatic carbocycles. The van der Waals surface area contributed by atoms with Crippen molar-refractivity contribution in [2.45, 2.75) is 13.0 Å². The molecule has 0 aliphatic heterocycles. The van der Waals surface area contributed by atoms with Gasteiger partial charge >= 0.3 is 0 Å². The molecule has 1 atom stereocenters. The largest absolute Gasteiger partial charge is 0.374 e. The average molecular weight is 262 g/mol. The molecule has 1 aromatic rings. The molecule has 0 heterocycles. The second-order valence-corrected chi connectivity index (χ2v) is 4.42. The summed E-state index contributed by atoms with van der Waals surface area (Å²) in [5.74, 6) is -1.69. The number of nitro groups is 1. The Hall–Kier alpha value is -1.37. The standard InChI is InChI=1S/C10H12F2N2O2S/c1-6(5-17-2)13-10-8(14(15)16)4-3-7(11)9(10)12/h3-4,6,13H,5H2,1-2H3. The van der Waals surface area contributed by atoms with Crippen molar-refractivity contribution < 1.29 is 13.7 Å². The molecule has 0 radical (unpaired) electrons. The van der Waals surface area contributed by atoms with Crippen molar-refractivity contribution in [3.8, 4) is 0 Å². The molecular formula is C10H12F2N2O2S. The lowest BCUT2D eigenvalue weighted by Crippen LogP contribution is -2.19. The second kappa shape index (κ2) is 5.81. The third-order valence-corrected chi connectivity index (χ3v) is 2.91. The molecule has 0 aromatic heterocycles. The van der Waals surface area contributed by atoms with Gasteiger partial charge in [-0.3, -0.25) is 10.1 Å². The summed E-state index contributed by atoms with van der Waals surface area (Å²) < 4.78 is 26.5. The molecule has 0 spiro atoms. The summed E-state index contributed by atoms with van der Waals surface area (Å²) >= 11 is 1.50. The molecule has 0 amide bonds. The number of hydrogen-bond donors (Lipinski definition) is 1. The number of hydrogen-bond acceptors (Lipinski definition) is 4. The molecule has 0 saturated heterocycles. The van der Waals surface area contributed by atoms with E-state index >= 15 is 0 Å². The van der Waals surface area contributed by atoms with E-state index in [1.54, 1.807) is 6.92 Å². The predicted octanol–water partition coefficient (Wildman–Crippen LogP) is 3.04. The number of anilines is 1. The van der Waals surface area contributed by atoms with Gasteiger partial charge in [-0.05, 0) is 19.2 Å². The Kier molecular flexibility index (Phi) is 4.68. The fraction of sp³-hybridized carbons (Fsp3) is 0.400. The molecule has 0 bridgehead atoms. The van der Waals surface area contributed by atoms with Crippen LogP contribution < -0.4 is 5.32 Å². The van der Waals surface area contributed by atoms with Crippen molar-refractivity contribution in [3.05, 3.63) is 33.9 Å². The smallest absolute Gasteiger partial charge is 0.295 e. The molecule has 1 rings (SSSR count). The van der Waals surface area contributed by atoms with Crippen molar-refractivity contribution in [1.29, 1.82) is 0 Å². The molecule has 94 valence electrons. The van der Waals surface area contributed by atoms with Crippen LogP contribution in [0.25, 0.3) is 0 Å². The van der Waals surface area contributed by atoms with Gasteiger partial charge in [-0.15, -0.1) is 0 Å². The van der Waals surface area contributed by atoms with Gasteiger partial charge in [0.15, 0.2) is 17.3 Å². The monoisotopic (exact) mass is 262 g/mol. The fourth-order valence-electron chi connectivity index (χ4n) is 1.37. The van der Waals surface area contributed by atoms with E-state index in [1.807, 2.05) is 6.26 Å². The van der Waals surface area contributed by atoms with E-state index in [2.05, 4.69) is 5.32 Å². The number of benzene rings is 1. The molecule has 7 heteroatoms. The highest BCUT2D eigenvalue weighted by Gasteiger charge is 2.22. The number of halogens is 2. The van der Waals surface area contributed by atoms with Gasteiger partial charge in [-0.25, -0.2) is 8.78 Å². The maximum Gasteiger partial charge on any atom is 0.295 e. The quantitative estimate of drug-likeness (QED) is 0.654. The zero-order valence-corrected chi connectivity index (χ0v) is 10.2. The topological polar surface area (TPSA) is 55.2 Å². The molecule has 4 nitrogen and oxygen atoms in total. The summed E-state index contributed by atoms with van der Waals surface area (Å²) in [6.07, 6.45) is 1.86. The Morgan fingerprint density at radius 2 is 2.18 bits per heavy atom. The number of nitrogens with one attached hydrogen (secondary N) is 1. The highest BCUT2D eigenvalue weighted by molar-refractivity contribution is 7.98. The fourth-order valence-corrected chi connectivity index (χ4v) is 1.95. The molecule has 1 aromatic carbocycles. The van der Waals surface area contributed by atoms with Crippen LogP contribution in [-0.4, -0.2) is 23.0 Å². The van der Waals surface area contributed by atoms with Gasteiger partial charge in [0.25, 0.3) is 5.69 Å². The normalized spacial score (nSPS) is 12.2. The van der Waals surface area contributed by atoms with Crippen LogP contribution in [0.4, 0.5) is 20.2 Å². The van der Waals surface area contributed by atoms with Gasteiger partial charge < -0.3 is 5.32 Å². The molecule has 0 saturated carbocycles. The van der Waals surface area contributed by atoms with Crippen LogP contribution in [0.1, 0.15) is 6.92 Å². The molecule has 0 fully saturated rings. The zero-order chi connectivity index (χ0) is 13.0. The van der Waals surface area contributed by atoms with Crippen molar-refractivity contribution in [3.63, 3.8) is 0 Å². The Bertz CT molecular complexity index is 429. The maximum atomic E-state index is 13.5. The SMILES string of the molecule is CSCC(C)Nc1c([N+](=O)[O-])ccc(F)c1F. The summed E-state index contributed by atoms with van der Waals surface area (Å²) in [5.41, 5.74) is -0.853. The van der Waals surface area contributed by atoms with E-state index in [9.17, 15) is 18.9 Å². The molecule has 0 aliphatic rings. The summed E-state index contributed by atoms with van der Waals surface area (Å²) in [6.45, 7) is 1.74. The second-order valence-electron chi connectivity index (χ2n) is 3.51. The Morgan fingerprint density at radius 1 is 1.53 bits per heavy atom. The van der Waals surface area contributed by atoms with E-state index < -0.39 is 27.9 Å². The van der Waals surface area contributed by atoms with Crippen LogP contribution >= 0.6 is 11.8 Å². The third-order valence-electron chi connectivity index (χ3n) is 2.08. The van der Waals surface area contributed by atoms with Gasteiger partial charge in [-0.2, -0.15) is 11.8 Å². The van der Waals surface area contributed by atoms with Crippen molar-refractivity contribution in [2.24, 2.45) is 0 Å². The van der Waals surface area contributed by atoms with Gasteiger partial charge in [0.2, 0.25) is 0 Å². The predicted molar refractivity (Wildman–Crippen MR) is 64.5 cm³/mol. The number of thioether (sulfide) groups is 1. The first-order chi connectivity index (χ1) is 7.97. The molecular weight excluding hydrogens is 250 g/mol. The van der Waals surface area contributed by atoms with E-state index in [4.69, 9.17) is 0 Å². The van der Waals surface area contributed by atoms with Gasteiger partial charge in [-0.1, -0.05) is 0 Å². The first-order valence-corrected chi connectivity index (χ1v) is 6.24. The number of rotatable bonds is 5. The van der Waals surface area contributed by atoms with E-state index in [0.29, 0.717) is 5.75 Å². The van der Waals surface area contributed by atoms with Crippen LogP contribution in [0.15, 0.2) is 12.1 Å². The Labute approximate surface area is 102 Å². The minimum absolute atomic E-state index is 0.194. The average Bonchev–Trinajstić information content (AvgIpc) is 2.25. The van der Waals surface area contributed by atoms with Crippen molar-refractivity contribution in [2.75, 3.05) is 17.3 Å². The van der Waals surface area contributed by atoms with Gasteiger partial charge in [0, 0.05) is 17.9 Å². The number of nitro benzene ring substituents is 1. The van der Waals surface area contributed by atoms with Crippen LogP contribution in [0, 0.1) is 21.7 Å². The van der Waals surface area contributed by atoms with Crippen LogP contribution in [0.3, 0.4) is 0 Å². The number of nitrogens with zero attached hydrogens (tertiary/aromatic N) is 1. The lowest BCUT2D eigenvalue weighted by molar-refractivity contribution is -0.384. The highest BCUT2D eigenvalue weighted by atomic mass is 32.2. The zero-order valence-electron chi connectivity index (χ0n) is 9.37. The van der Waals surface area contributed by atoms with E-state index in [0.717, 1.165) is 12.1 Å². The molecule has 17 heavy (non-hydrogen) atoms. The maximum absolute atomic E-state index is 13.5. The van der Waals surface area contributed by atoms with Crippen LogP contribution in [0.5, 0.6) is 0 Å². The first-order valence-electron chi connectivity index (χ1n) is 4.85. The Morgan fingerprint density at radius 3 is 2.71 bits per heavy atom. The Balaban J connectivity index is 3.10. The lowest BCUT2D eigenvalue weighted by Gasteiger charge is -2.14. The minimum atomic E-state index is -1.22. The summed E-state index contributed by atoms with van der Waals surface area (Å²) in [7, 11) is 0. The highest BCUT2D eigenvalue weighted by Crippen LogP contribution is 2.29. The van der Waals surface area contributed by atoms with Gasteiger partial charge in [0.1, 0.15) is 0 Å². The summed E-state index contributed by atoms with van der Waals surface area (Å²) in [5, 5.41) is 13.3. The summed E-state index contributed by atoms with van der Waals surface area (Å²) in [4.78, 5) is 9.96. The van der Waals surface area contributed by atoms with E-state index in [1.165, 1.54) is 11.8 Å². The lowest BCUT2D eigenvalue weighted by atomic mass is 10.2.